The Morgan fingerprint density at radius 3 is 1.65 bits per heavy atom. The number of amides is 1. The van der Waals surface area contributed by atoms with Gasteiger partial charge in [0.15, 0.2) is 0 Å². The number of nitrogens with one attached hydrogen (secondary N) is 2. The van der Waals surface area contributed by atoms with Gasteiger partial charge in [-0.15, -0.1) is 0 Å². The van der Waals surface area contributed by atoms with Crippen LogP contribution in [0.4, 0.5) is 4.39 Å². The van der Waals surface area contributed by atoms with Gasteiger partial charge in [-0.1, -0.05) is 47.5 Å². The zero-order valence-electron chi connectivity index (χ0n) is 16.0. The highest BCUT2D eigenvalue weighted by Crippen LogP contribution is 2.09. The van der Waals surface area contributed by atoms with E-state index in [0.717, 1.165) is 11.1 Å². The predicted molar refractivity (Wildman–Crippen MR) is 123 cm³/mol. The highest BCUT2D eigenvalue weighted by molar-refractivity contribution is 6.30. The maximum Gasteiger partial charge on any atom is 0.280 e. The summed E-state index contributed by atoms with van der Waals surface area (Å²) < 4.78 is 13.1. The van der Waals surface area contributed by atoms with Gasteiger partial charge in [0.25, 0.3) is 5.91 Å². The minimum Gasteiger partial charge on any atom is -0.267 e. The molecule has 3 rings (SSSR count). The molecule has 31 heavy (non-hydrogen) atoms. The van der Waals surface area contributed by atoms with Gasteiger partial charge in [-0.3, -0.25) is 4.79 Å². The Bertz CT molecular complexity index is 1050. The lowest BCUT2D eigenvalue weighted by Crippen LogP contribution is -2.32. The molecule has 0 bridgehead atoms. The molecule has 0 aliphatic carbocycles. The summed E-state index contributed by atoms with van der Waals surface area (Å²) >= 11 is 11.7. The summed E-state index contributed by atoms with van der Waals surface area (Å²) in [7, 11) is 0. The second-order valence-electron chi connectivity index (χ2n) is 6.12. The number of hydrogen-bond donors (Lipinski definition) is 2. The SMILES string of the molecule is O=C(N=C(N/N=C/c1ccc(Cl)cc1)N/N=C/c1ccc(Cl)cc1)c1ccc(F)cc1. The predicted octanol–water partition coefficient (Wildman–Crippen LogP) is 4.88. The largest absolute Gasteiger partial charge is 0.280 e. The summed E-state index contributed by atoms with van der Waals surface area (Å²) in [5, 5.41) is 9.32. The van der Waals surface area contributed by atoms with Crippen LogP contribution in [-0.4, -0.2) is 24.3 Å². The van der Waals surface area contributed by atoms with Crippen molar-refractivity contribution in [3.63, 3.8) is 0 Å². The van der Waals surface area contributed by atoms with E-state index in [1.807, 2.05) is 0 Å². The molecule has 2 N–H and O–H groups in total. The smallest absolute Gasteiger partial charge is 0.267 e. The molecule has 0 saturated heterocycles. The first kappa shape index (κ1) is 22.1. The van der Waals surface area contributed by atoms with Crippen molar-refractivity contribution >= 4 is 47.5 Å². The standard InChI is InChI=1S/C22H16Cl2FN5O/c23-18-7-1-15(2-8-18)13-26-29-22(28-21(31)17-5-11-20(25)12-6-17)30-27-14-16-3-9-19(24)10-4-16/h1-14H,(H2,28,29,30,31)/b26-13+,27-14+. The maximum absolute atomic E-state index is 13.1. The van der Waals surface area contributed by atoms with Gasteiger partial charge in [-0.25, -0.2) is 15.2 Å². The summed E-state index contributed by atoms with van der Waals surface area (Å²) in [4.78, 5) is 16.3. The first-order chi connectivity index (χ1) is 15.0. The topological polar surface area (TPSA) is 78.2 Å². The summed E-state index contributed by atoms with van der Waals surface area (Å²) in [6, 6.07) is 19.1. The van der Waals surface area contributed by atoms with E-state index in [0.29, 0.717) is 10.0 Å². The third-order valence-corrected chi connectivity index (χ3v) is 4.32. The Kier molecular flexibility index (Phi) is 7.86. The number of rotatable bonds is 5. The molecule has 9 heteroatoms. The van der Waals surface area contributed by atoms with Crippen LogP contribution in [0.3, 0.4) is 0 Å². The Hall–Kier alpha value is -3.55. The molecule has 3 aromatic carbocycles. The molecule has 0 aliphatic heterocycles. The molecule has 1 amide bonds. The zero-order valence-corrected chi connectivity index (χ0v) is 17.5. The minimum absolute atomic E-state index is 0.0234. The number of hydrogen-bond acceptors (Lipinski definition) is 3. The zero-order chi connectivity index (χ0) is 22.1. The Morgan fingerprint density at radius 1 is 0.742 bits per heavy atom. The van der Waals surface area contributed by atoms with Crippen molar-refractivity contribution in [1.29, 1.82) is 0 Å². The summed E-state index contributed by atoms with van der Waals surface area (Å²) in [6.07, 6.45) is 3.05. The van der Waals surface area contributed by atoms with E-state index in [1.54, 1.807) is 48.5 Å². The molecular weight excluding hydrogens is 440 g/mol. The third-order valence-electron chi connectivity index (χ3n) is 3.81. The number of carbonyl (C=O) groups excluding carboxylic acids is 1. The van der Waals surface area contributed by atoms with Gasteiger partial charge in [-0.05, 0) is 59.7 Å². The fraction of sp³-hybridized carbons (Fsp3) is 0. The summed E-state index contributed by atoms with van der Waals surface area (Å²) in [5.74, 6) is -1.07. The molecule has 0 atom stereocenters. The molecule has 0 radical (unpaired) electrons. The molecule has 0 aromatic heterocycles. The summed E-state index contributed by atoms with van der Waals surface area (Å²) in [6.45, 7) is 0. The lowest BCUT2D eigenvalue weighted by atomic mass is 10.2. The van der Waals surface area contributed by atoms with Crippen LogP contribution in [0.1, 0.15) is 21.5 Å². The van der Waals surface area contributed by atoms with Crippen molar-refractivity contribution < 1.29 is 9.18 Å². The first-order valence-electron chi connectivity index (χ1n) is 8.97. The van der Waals surface area contributed by atoms with Crippen LogP contribution >= 0.6 is 23.2 Å². The van der Waals surface area contributed by atoms with Gasteiger partial charge < -0.3 is 0 Å². The van der Waals surface area contributed by atoms with E-state index in [2.05, 4.69) is 26.0 Å². The van der Waals surface area contributed by atoms with Crippen LogP contribution in [0.15, 0.2) is 88.0 Å². The van der Waals surface area contributed by atoms with E-state index in [-0.39, 0.29) is 11.5 Å². The van der Waals surface area contributed by atoms with Gasteiger partial charge in [0.2, 0.25) is 5.96 Å². The van der Waals surface area contributed by atoms with Crippen LogP contribution in [0.2, 0.25) is 10.0 Å². The number of nitrogens with zero attached hydrogens (tertiary/aromatic N) is 3. The van der Waals surface area contributed by atoms with Crippen molar-refractivity contribution in [2.45, 2.75) is 0 Å². The van der Waals surface area contributed by atoms with E-state index in [4.69, 9.17) is 23.2 Å². The number of carbonyl (C=O) groups is 1. The molecule has 0 fully saturated rings. The number of aliphatic imine (C=N–C) groups is 1. The lowest BCUT2D eigenvalue weighted by Gasteiger charge is -2.05. The Balaban J connectivity index is 1.74. The van der Waals surface area contributed by atoms with Crippen LogP contribution < -0.4 is 10.9 Å². The van der Waals surface area contributed by atoms with Crippen LogP contribution in [0.5, 0.6) is 0 Å². The highest BCUT2D eigenvalue weighted by atomic mass is 35.5. The average molecular weight is 456 g/mol. The molecule has 0 spiro atoms. The van der Waals surface area contributed by atoms with Crippen LogP contribution in [0.25, 0.3) is 0 Å². The number of guanidine groups is 1. The maximum atomic E-state index is 13.1. The average Bonchev–Trinajstić information content (AvgIpc) is 2.77. The van der Waals surface area contributed by atoms with Crippen molar-refractivity contribution in [3.05, 3.63) is 105 Å². The molecular formula is C22H16Cl2FN5O. The quantitative estimate of drug-likeness (QED) is 0.327. The second kappa shape index (κ2) is 11.0. The van der Waals surface area contributed by atoms with E-state index in [9.17, 15) is 9.18 Å². The second-order valence-corrected chi connectivity index (χ2v) is 6.99. The van der Waals surface area contributed by atoms with Gasteiger partial charge >= 0.3 is 0 Å². The van der Waals surface area contributed by atoms with Crippen molar-refractivity contribution in [2.24, 2.45) is 15.2 Å². The number of halogens is 3. The van der Waals surface area contributed by atoms with Gasteiger partial charge in [0, 0.05) is 15.6 Å². The molecule has 0 heterocycles. The molecule has 6 nitrogen and oxygen atoms in total. The fourth-order valence-corrected chi connectivity index (χ4v) is 2.52. The number of hydrazone groups is 2. The van der Waals surface area contributed by atoms with E-state index < -0.39 is 11.7 Å². The van der Waals surface area contributed by atoms with Crippen LogP contribution in [-0.2, 0) is 0 Å². The van der Waals surface area contributed by atoms with Gasteiger partial charge in [0.1, 0.15) is 5.82 Å². The van der Waals surface area contributed by atoms with Crippen molar-refractivity contribution in [2.75, 3.05) is 0 Å². The molecule has 0 saturated carbocycles. The normalized spacial score (nSPS) is 10.9. The lowest BCUT2D eigenvalue weighted by molar-refractivity contribution is 0.100. The van der Waals surface area contributed by atoms with E-state index in [1.165, 1.54) is 36.7 Å². The fourth-order valence-electron chi connectivity index (χ4n) is 2.27. The van der Waals surface area contributed by atoms with Crippen molar-refractivity contribution in [3.8, 4) is 0 Å². The Morgan fingerprint density at radius 2 is 1.19 bits per heavy atom. The molecule has 0 aliphatic rings. The molecule has 3 aromatic rings. The number of benzene rings is 3. The first-order valence-corrected chi connectivity index (χ1v) is 9.73. The molecule has 0 unspecified atom stereocenters. The van der Waals surface area contributed by atoms with Crippen molar-refractivity contribution in [1.82, 2.24) is 10.9 Å². The van der Waals surface area contributed by atoms with Crippen LogP contribution in [0, 0.1) is 5.82 Å². The third kappa shape index (κ3) is 7.33. The van der Waals surface area contributed by atoms with Gasteiger partial charge in [0.05, 0.1) is 12.4 Å². The summed E-state index contributed by atoms with van der Waals surface area (Å²) in [5.41, 5.74) is 7.05. The van der Waals surface area contributed by atoms with Gasteiger partial charge in [-0.2, -0.15) is 15.2 Å². The van der Waals surface area contributed by atoms with E-state index >= 15 is 0 Å². The molecule has 156 valence electrons. The monoisotopic (exact) mass is 455 g/mol. The highest BCUT2D eigenvalue weighted by Gasteiger charge is 2.07. The minimum atomic E-state index is -0.599. The Labute approximate surface area is 188 Å².